The summed E-state index contributed by atoms with van der Waals surface area (Å²) in [6.07, 6.45) is 45.2. The lowest BCUT2D eigenvalue weighted by atomic mass is 10.0. The fraction of sp³-hybridized carbons (Fsp3) is 0.938. The lowest BCUT2D eigenvalue weighted by Crippen LogP contribution is -2.30. The first-order valence-electron chi connectivity index (χ1n) is 24.0. The molecule has 0 bridgehead atoms. The SMILES string of the molecule is CCCCCCCCCCCCCCCCCC(=O)OC[C@H](COC(=O)CCCCCCCCCCCCCCCC)OC(=O)CCCCCCCCC. The highest BCUT2D eigenvalue weighted by Gasteiger charge is 2.19. The lowest BCUT2D eigenvalue weighted by molar-refractivity contribution is -0.167. The average molecular weight is 765 g/mol. The number of unbranched alkanes of at least 4 members (excludes halogenated alkanes) is 33. The summed E-state index contributed by atoms with van der Waals surface area (Å²) in [5, 5.41) is 0. The summed E-state index contributed by atoms with van der Waals surface area (Å²) in [4.78, 5) is 37.6. The maximum absolute atomic E-state index is 12.6. The number of carbonyl (C=O) groups is 3. The summed E-state index contributed by atoms with van der Waals surface area (Å²) in [7, 11) is 0. The van der Waals surface area contributed by atoms with Gasteiger partial charge in [0.2, 0.25) is 0 Å². The van der Waals surface area contributed by atoms with E-state index in [0.29, 0.717) is 19.3 Å². The van der Waals surface area contributed by atoms with E-state index in [1.54, 1.807) is 0 Å². The van der Waals surface area contributed by atoms with E-state index in [4.69, 9.17) is 14.2 Å². The van der Waals surface area contributed by atoms with Crippen molar-refractivity contribution in [2.75, 3.05) is 13.2 Å². The van der Waals surface area contributed by atoms with Crippen LogP contribution in [0, 0.1) is 0 Å². The molecule has 0 saturated heterocycles. The van der Waals surface area contributed by atoms with Crippen molar-refractivity contribution in [1.82, 2.24) is 0 Å². The Labute approximate surface area is 336 Å². The number of ether oxygens (including phenoxy) is 3. The minimum atomic E-state index is -0.757. The van der Waals surface area contributed by atoms with Crippen molar-refractivity contribution >= 4 is 17.9 Å². The van der Waals surface area contributed by atoms with Gasteiger partial charge in [0.05, 0.1) is 0 Å². The minimum Gasteiger partial charge on any atom is -0.462 e. The van der Waals surface area contributed by atoms with Crippen LogP contribution in [-0.2, 0) is 28.6 Å². The third kappa shape index (κ3) is 41.6. The van der Waals surface area contributed by atoms with Crippen LogP contribution in [0.2, 0.25) is 0 Å². The summed E-state index contributed by atoms with van der Waals surface area (Å²) in [5.74, 6) is -0.854. The summed E-state index contributed by atoms with van der Waals surface area (Å²) in [6, 6.07) is 0. The predicted molar refractivity (Wildman–Crippen MR) is 229 cm³/mol. The number of carbonyl (C=O) groups excluding carboxylic acids is 3. The van der Waals surface area contributed by atoms with Crippen molar-refractivity contribution in [3.05, 3.63) is 0 Å². The van der Waals surface area contributed by atoms with Gasteiger partial charge >= 0.3 is 17.9 Å². The van der Waals surface area contributed by atoms with Gasteiger partial charge in [-0.15, -0.1) is 0 Å². The molecule has 0 heterocycles. The van der Waals surface area contributed by atoms with Crippen LogP contribution in [-0.4, -0.2) is 37.2 Å². The van der Waals surface area contributed by atoms with Gasteiger partial charge in [-0.25, -0.2) is 0 Å². The topological polar surface area (TPSA) is 78.9 Å². The second-order valence-electron chi connectivity index (χ2n) is 16.4. The summed E-state index contributed by atoms with van der Waals surface area (Å²) in [5.41, 5.74) is 0. The van der Waals surface area contributed by atoms with E-state index in [1.807, 2.05) is 0 Å². The Kier molecular flexibility index (Phi) is 42.8. The van der Waals surface area contributed by atoms with Crippen molar-refractivity contribution in [2.45, 2.75) is 277 Å². The molecule has 0 aromatic heterocycles. The van der Waals surface area contributed by atoms with Gasteiger partial charge in [-0.3, -0.25) is 14.4 Å². The fourth-order valence-electron chi connectivity index (χ4n) is 7.21. The Morgan fingerprint density at radius 1 is 0.296 bits per heavy atom. The molecule has 0 rings (SSSR count). The molecule has 320 valence electrons. The van der Waals surface area contributed by atoms with Gasteiger partial charge in [-0.2, -0.15) is 0 Å². The van der Waals surface area contributed by atoms with Crippen LogP contribution in [0.5, 0.6) is 0 Å². The molecule has 0 spiro atoms. The molecule has 1 atom stereocenters. The number of hydrogen-bond acceptors (Lipinski definition) is 6. The Bertz CT molecular complexity index is 798. The maximum Gasteiger partial charge on any atom is 0.306 e. The molecule has 0 aliphatic heterocycles. The Morgan fingerprint density at radius 3 is 0.741 bits per heavy atom. The molecule has 0 unspecified atom stereocenters. The standard InChI is InChI=1S/C48H92O6/c1-4-7-10-13-16-18-20-22-24-26-28-30-33-35-38-41-47(50)53-44-45(54-48(51)42-39-36-31-15-12-9-6-3)43-52-46(49)40-37-34-32-29-27-25-23-21-19-17-14-11-8-5-2/h45H,4-44H2,1-3H3/t45-/m0/s1. The zero-order valence-corrected chi connectivity index (χ0v) is 36.5. The van der Waals surface area contributed by atoms with E-state index in [-0.39, 0.29) is 31.1 Å². The number of rotatable bonds is 44. The first-order chi connectivity index (χ1) is 26.5. The molecular formula is C48H92O6. The Hall–Kier alpha value is -1.59. The molecule has 0 aliphatic rings. The molecule has 0 saturated carbocycles. The highest BCUT2D eigenvalue weighted by Crippen LogP contribution is 2.16. The van der Waals surface area contributed by atoms with Gasteiger partial charge in [0, 0.05) is 19.3 Å². The Morgan fingerprint density at radius 2 is 0.500 bits per heavy atom. The fourth-order valence-corrected chi connectivity index (χ4v) is 7.21. The van der Waals surface area contributed by atoms with E-state index in [0.717, 1.165) is 57.8 Å². The smallest absolute Gasteiger partial charge is 0.306 e. The van der Waals surface area contributed by atoms with E-state index in [9.17, 15) is 14.4 Å². The van der Waals surface area contributed by atoms with E-state index >= 15 is 0 Å². The van der Waals surface area contributed by atoms with Crippen molar-refractivity contribution < 1.29 is 28.6 Å². The quantitative estimate of drug-likeness (QED) is 0.0349. The molecular weight excluding hydrogens is 673 g/mol. The van der Waals surface area contributed by atoms with Crippen LogP contribution in [0.4, 0.5) is 0 Å². The molecule has 6 nitrogen and oxygen atoms in total. The monoisotopic (exact) mass is 765 g/mol. The highest BCUT2D eigenvalue weighted by molar-refractivity contribution is 5.71. The molecule has 0 amide bonds. The van der Waals surface area contributed by atoms with Gasteiger partial charge in [0.15, 0.2) is 6.10 Å². The molecule has 0 aliphatic carbocycles. The normalized spacial score (nSPS) is 11.8. The van der Waals surface area contributed by atoms with Crippen LogP contribution in [0.25, 0.3) is 0 Å². The van der Waals surface area contributed by atoms with E-state index < -0.39 is 6.10 Å². The van der Waals surface area contributed by atoms with Gasteiger partial charge in [-0.05, 0) is 19.3 Å². The third-order valence-electron chi connectivity index (χ3n) is 10.9. The van der Waals surface area contributed by atoms with Gasteiger partial charge in [0.1, 0.15) is 13.2 Å². The molecule has 0 radical (unpaired) electrons. The van der Waals surface area contributed by atoms with Crippen LogP contribution >= 0.6 is 0 Å². The zero-order chi connectivity index (χ0) is 39.4. The summed E-state index contributed by atoms with van der Waals surface area (Å²) >= 11 is 0. The third-order valence-corrected chi connectivity index (χ3v) is 10.9. The molecule has 0 N–H and O–H groups in total. The predicted octanol–water partition coefficient (Wildman–Crippen LogP) is 15.3. The molecule has 0 aromatic rings. The van der Waals surface area contributed by atoms with Crippen molar-refractivity contribution in [2.24, 2.45) is 0 Å². The second kappa shape index (κ2) is 44.1. The largest absolute Gasteiger partial charge is 0.462 e. The van der Waals surface area contributed by atoms with Crippen molar-refractivity contribution in [1.29, 1.82) is 0 Å². The highest BCUT2D eigenvalue weighted by atomic mass is 16.6. The van der Waals surface area contributed by atoms with Crippen LogP contribution in [0.15, 0.2) is 0 Å². The van der Waals surface area contributed by atoms with Crippen molar-refractivity contribution in [3.63, 3.8) is 0 Å². The number of hydrogen-bond donors (Lipinski definition) is 0. The second-order valence-corrected chi connectivity index (χ2v) is 16.4. The van der Waals surface area contributed by atoms with Gasteiger partial charge in [0.25, 0.3) is 0 Å². The summed E-state index contributed by atoms with van der Waals surface area (Å²) in [6.45, 7) is 6.63. The van der Waals surface area contributed by atoms with E-state index in [2.05, 4.69) is 20.8 Å². The van der Waals surface area contributed by atoms with Crippen LogP contribution in [0.1, 0.15) is 271 Å². The van der Waals surface area contributed by atoms with Crippen molar-refractivity contribution in [3.8, 4) is 0 Å². The molecule has 0 fully saturated rings. The average Bonchev–Trinajstić information content (AvgIpc) is 3.17. The Balaban J connectivity index is 4.19. The first-order valence-corrected chi connectivity index (χ1v) is 24.0. The molecule has 54 heavy (non-hydrogen) atoms. The maximum atomic E-state index is 12.6. The van der Waals surface area contributed by atoms with Crippen LogP contribution in [0.3, 0.4) is 0 Å². The summed E-state index contributed by atoms with van der Waals surface area (Å²) < 4.78 is 16.7. The van der Waals surface area contributed by atoms with Gasteiger partial charge in [-0.1, -0.05) is 233 Å². The first kappa shape index (κ1) is 52.4. The van der Waals surface area contributed by atoms with Crippen LogP contribution < -0.4 is 0 Å². The number of esters is 3. The minimum absolute atomic E-state index is 0.0630. The zero-order valence-electron chi connectivity index (χ0n) is 36.5. The molecule has 0 aromatic carbocycles. The molecule has 6 heteroatoms. The lowest BCUT2D eigenvalue weighted by Gasteiger charge is -2.18. The van der Waals surface area contributed by atoms with E-state index in [1.165, 1.54) is 173 Å². The van der Waals surface area contributed by atoms with Gasteiger partial charge < -0.3 is 14.2 Å².